The fourth-order valence-electron chi connectivity index (χ4n) is 2.02. The Hall–Kier alpha value is -2.93. The third kappa shape index (κ3) is 6.07. The van der Waals surface area contributed by atoms with E-state index in [-0.39, 0.29) is 5.69 Å². The zero-order chi connectivity index (χ0) is 20.4. The molecule has 27 heavy (non-hydrogen) atoms. The number of hydrogen-bond donors (Lipinski definition) is 1. The first-order chi connectivity index (χ1) is 12.9. The predicted octanol–water partition coefficient (Wildman–Crippen LogP) is 3.85. The van der Waals surface area contributed by atoms with Gasteiger partial charge in [-0.05, 0) is 37.3 Å². The van der Waals surface area contributed by atoms with Gasteiger partial charge in [0, 0.05) is 17.8 Å². The van der Waals surface area contributed by atoms with Gasteiger partial charge >= 0.3 is 0 Å². The molecule has 0 aliphatic heterocycles. The average molecular weight is 386 g/mol. The van der Waals surface area contributed by atoms with Crippen LogP contribution in [0.15, 0.2) is 59.8 Å². The summed E-state index contributed by atoms with van der Waals surface area (Å²) in [4.78, 5) is 16.2. The first kappa shape index (κ1) is 22.1. The summed E-state index contributed by atoms with van der Waals surface area (Å²) in [5, 5.41) is 5.11. The minimum absolute atomic E-state index is 0.264. The quantitative estimate of drug-likeness (QED) is 0.547. The van der Waals surface area contributed by atoms with Crippen molar-refractivity contribution in [1.29, 1.82) is 0 Å². The lowest BCUT2D eigenvalue weighted by atomic mass is 10.1. The van der Waals surface area contributed by atoms with Gasteiger partial charge in [-0.2, -0.15) is 11.0 Å². The minimum Gasteiger partial charge on any atom is -0.458 e. The number of benzene rings is 1. The summed E-state index contributed by atoms with van der Waals surface area (Å²) >= 11 is 0. The number of carbonyl (C=O) groups is 1. The Bertz CT molecular complexity index is 982. The van der Waals surface area contributed by atoms with Crippen LogP contribution in [0.3, 0.4) is 0 Å². The SMILES string of the molecule is C=[S-](=O)/C(C)=C/C.CC.NC(=O)c1ccc2c(-n3cccn3)cccc2n1. The van der Waals surface area contributed by atoms with Crippen molar-refractivity contribution >= 4 is 33.1 Å². The van der Waals surface area contributed by atoms with Crippen LogP contribution in [-0.4, -0.2) is 26.5 Å². The van der Waals surface area contributed by atoms with Crippen LogP contribution in [0.2, 0.25) is 0 Å². The zero-order valence-electron chi connectivity index (χ0n) is 16.0. The van der Waals surface area contributed by atoms with E-state index in [9.17, 15) is 9.00 Å². The van der Waals surface area contributed by atoms with Gasteiger partial charge in [-0.25, -0.2) is 9.67 Å². The van der Waals surface area contributed by atoms with E-state index in [2.05, 4.69) is 16.0 Å². The number of nitrogens with two attached hydrogens (primary N) is 1. The number of carbonyl (C=O) groups excluding carboxylic acids is 1. The number of primary amides is 1. The highest BCUT2D eigenvalue weighted by Gasteiger charge is 2.07. The van der Waals surface area contributed by atoms with Crippen LogP contribution >= 0.6 is 0 Å². The van der Waals surface area contributed by atoms with Gasteiger partial charge in [-0.1, -0.05) is 26.8 Å². The van der Waals surface area contributed by atoms with Crippen LogP contribution in [0.1, 0.15) is 38.2 Å². The number of nitrogens with zero attached hydrogens (tertiary/aromatic N) is 3. The van der Waals surface area contributed by atoms with E-state index in [1.807, 2.05) is 57.3 Å². The van der Waals surface area contributed by atoms with E-state index in [0.29, 0.717) is 0 Å². The molecule has 144 valence electrons. The number of aromatic nitrogens is 3. The van der Waals surface area contributed by atoms with Crippen LogP contribution in [0.5, 0.6) is 0 Å². The lowest BCUT2D eigenvalue weighted by Crippen LogP contribution is -2.12. The fraction of sp³-hybridized carbons (Fsp3) is 0.200. The summed E-state index contributed by atoms with van der Waals surface area (Å²) in [5.41, 5.74) is 7.12. The molecule has 0 bridgehead atoms. The van der Waals surface area contributed by atoms with Crippen LogP contribution in [0.4, 0.5) is 0 Å². The maximum atomic E-state index is 11.1. The molecular weight excluding hydrogens is 360 g/mol. The zero-order valence-corrected chi connectivity index (χ0v) is 16.9. The molecule has 0 atom stereocenters. The van der Waals surface area contributed by atoms with Gasteiger partial charge in [0.25, 0.3) is 5.91 Å². The minimum atomic E-state index is -0.999. The summed E-state index contributed by atoms with van der Waals surface area (Å²) in [7, 11) is -0.999. The van der Waals surface area contributed by atoms with Gasteiger partial charge in [0.2, 0.25) is 0 Å². The molecule has 0 fully saturated rings. The average Bonchev–Trinajstić information content (AvgIpc) is 3.23. The molecule has 0 saturated carbocycles. The van der Waals surface area contributed by atoms with E-state index < -0.39 is 16.3 Å². The maximum Gasteiger partial charge on any atom is 0.267 e. The third-order valence-corrected chi connectivity index (χ3v) is 4.43. The molecular formula is C20H25N4O2S-. The molecule has 7 heteroatoms. The van der Waals surface area contributed by atoms with Crippen molar-refractivity contribution in [2.75, 3.05) is 0 Å². The van der Waals surface area contributed by atoms with Crippen LogP contribution in [0.25, 0.3) is 16.6 Å². The van der Waals surface area contributed by atoms with Crippen molar-refractivity contribution in [3.8, 4) is 5.69 Å². The molecule has 6 nitrogen and oxygen atoms in total. The molecule has 2 aromatic heterocycles. The summed E-state index contributed by atoms with van der Waals surface area (Å²) < 4.78 is 12.1. The Morgan fingerprint density at radius 1 is 1.22 bits per heavy atom. The molecule has 2 heterocycles. The number of fused-ring (bicyclic) bond motifs is 1. The van der Waals surface area contributed by atoms with E-state index in [1.54, 1.807) is 29.9 Å². The molecule has 1 aromatic carbocycles. The monoisotopic (exact) mass is 385 g/mol. The Morgan fingerprint density at radius 2 is 1.93 bits per heavy atom. The summed E-state index contributed by atoms with van der Waals surface area (Å²) in [5.74, 6) is 2.79. The predicted molar refractivity (Wildman–Crippen MR) is 113 cm³/mol. The van der Waals surface area contributed by atoms with Crippen molar-refractivity contribution in [2.24, 2.45) is 5.73 Å². The third-order valence-electron chi connectivity index (χ3n) is 3.48. The second kappa shape index (κ2) is 10.9. The molecule has 0 radical (unpaired) electrons. The topological polar surface area (TPSA) is 90.9 Å². The van der Waals surface area contributed by atoms with E-state index >= 15 is 0 Å². The molecule has 2 N–H and O–H groups in total. The summed E-state index contributed by atoms with van der Waals surface area (Å²) in [6.07, 6.45) is 5.37. The maximum absolute atomic E-state index is 11.1. The van der Waals surface area contributed by atoms with E-state index in [0.717, 1.165) is 21.5 Å². The standard InChI is InChI=1S/C13H10N4O.C5H9OS.C2H6/c14-13(18)11-6-5-9-10(16-11)3-1-4-12(9)17-8-2-7-15-17;1-4-5(2)7(3)6;1-2/h1-8H,(H2,14,18);4H,3H2,1-2H3;1-2H3/q;-1;/b;5-4+;. The number of hydrogen-bond acceptors (Lipinski definition) is 5. The van der Waals surface area contributed by atoms with Gasteiger partial charge in [0.15, 0.2) is 0 Å². The molecule has 0 aliphatic rings. The van der Waals surface area contributed by atoms with E-state index in [1.165, 1.54) is 0 Å². The van der Waals surface area contributed by atoms with Gasteiger partial charge in [-0.3, -0.25) is 15.2 Å². The van der Waals surface area contributed by atoms with Crippen molar-refractivity contribution in [3.05, 3.63) is 65.5 Å². The first-order valence-electron chi connectivity index (χ1n) is 8.48. The summed E-state index contributed by atoms with van der Waals surface area (Å²) in [6, 6.07) is 11.0. The smallest absolute Gasteiger partial charge is 0.267 e. The van der Waals surface area contributed by atoms with Crippen molar-refractivity contribution in [3.63, 3.8) is 0 Å². The normalized spacial score (nSPS) is 10.6. The second-order valence-electron chi connectivity index (χ2n) is 5.10. The van der Waals surface area contributed by atoms with Crippen LogP contribution in [-0.2, 0) is 14.6 Å². The Kier molecular flexibility index (Phi) is 8.95. The van der Waals surface area contributed by atoms with Crippen molar-refractivity contribution in [2.45, 2.75) is 27.7 Å². The molecule has 0 unspecified atom stereocenters. The number of rotatable bonds is 3. The lowest BCUT2D eigenvalue weighted by molar-refractivity contribution is 0.0996. The Balaban J connectivity index is 0.000000346. The Labute approximate surface area is 161 Å². The molecule has 0 saturated heterocycles. The molecule has 3 rings (SSSR count). The first-order valence-corrected chi connectivity index (χ1v) is 9.80. The summed E-state index contributed by atoms with van der Waals surface area (Å²) in [6.45, 7) is 7.64. The molecule has 1 amide bonds. The Morgan fingerprint density at radius 3 is 2.41 bits per heavy atom. The van der Waals surface area contributed by atoms with Gasteiger partial charge < -0.3 is 9.94 Å². The highest BCUT2D eigenvalue weighted by Crippen LogP contribution is 2.20. The van der Waals surface area contributed by atoms with Gasteiger partial charge in [0.1, 0.15) is 5.69 Å². The largest absolute Gasteiger partial charge is 0.458 e. The van der Waals surface area contributed by atoms with E-state index in [4.69, 9.17) is 5.73 Å². The molecule has 0 spiro atoms. The fourth-order valence-corrected chi connectivity index (χ4v) is 2.28. The molecule has 0 aliphatic carbocycles. The number of amides is 1. The van der Waals surface area contributed by atoms with Crippen LogP contribution < -0.4 is 5.73 Å². The van der Waals surface area contributed by atoms with Gasteiger partial charge in [0.05, 0.1) is 11.2 Å². The highest BCUT2D eigenvalue weighted by molar-refractivity contribution is 7.86. The number of allylic oxidation sites excluding steroid dienone is 2. The second-order valence-corrected chi connectivity index (χ2v) is 6.44. The van der Waals surface area contributed by atoms with Crippen molar-refractivity contribution < 1.29 is 9.00 Å². The highest BCUT2D eigenvalue weighted by atomic mass is 32.2. The lowest BCUT2D eigenvalue weighted by Gasteiger charge is -2.06. The van der Waals surface area contributed by atoms with Gasteiger partial charge in [-0.15, -0.1) is 11.0 Å². The number of pyridine rings is 1. The molecule has 3 aromatic rings. The van der Waals surface area contributed by atoms with Crippen LogP contribution in [0, 0.1) is 0 Å². The van der Waals surface area contributed by atoms with Crippen molar-refractivity contribution in [1.82, 2.24) is 14.8 Å².